The van der Waals surface area contributed by atoms with E-state index in [4.69, 9.17) is 4.74 Å². The van der Waals surface area contributed by atoms with Crippen molar-refractivity contribution in [2.75, 3.05) is 26.2 Å². The number of para-hydroxylation sites is 1. The Bertz CT molecular complexity index is 1110. The van der Waals surface area contributed by atoms with Gasteiger partial charge in [0, 0.05) is 42.9 Å². The fourth-order valence-electron chi connectivity index (χ4n) is 3.72. The van der Waals surface area contributed by atoms with Gasteiger partial charge in [-0.15, -0.1) is 0 Å². The largest absolute Gasteiger partial charge is 0.489 e. The number of rotatable bonds is 5. The van der Waals surface area contributed by atoms with Crippen molar-refractivity contribution in [3.63, 3.8) is 0 Å². The van der Waals surface area contributed by atoms with Gasteiger partial charge in [-0.25, -0.2) is 4.39 Å². The number of benzene rings is 3. The monoisotopic (exact) mass is 432 g/mol. The lowest BCUT2D eigenvalue weighted by Gasteiger charge is -2.35. The molecule has 4 rings (SSSR count). The zero-order chi connectivity index (χ0) is 22.5. The average Bonchev–Trinajstić information content (AvgIpc) is 2.84. The molecule has 0 unspecified atom stereocenters. The predicted octanol–water partition coefficient (Wildman–Crippen LogP) is 4.31. The van der Waals surface area contributed by atoms with Crippen LogP contribution in [0.2, 0.25) is 0 Å². The van der Waals surface area contributed by atoms with Crippen molar-refractivity contribution in [3.8, 4) is 5.75 Å². The maximum Gasteiger partial charge on any atom is 0.254 e. The van der Waals surface area contributed by atoms with E-state index < -0.39 is 0 Å². The van der Waals surface area contributed by atoms with E-state index in [0.717, 1.165) is 11.3 Å². The van der Waals surface area contributed by atoms with Crippen LogP contribution >= 0.6 is 0 Å². The summed E-state index contributed by atoms with van der Waals surface area (Å²) in [5.74, 6) is 0.0619. The number of carbonyl (C=O) groups excluding carboxylic acids is 2. The second-order valence-electron chi connectivity index (χ2n) is 7.81. The Labute approximate surface area is 187 Å². The SMILES string of the molecule is Cc1ccc(C(=O)N2CCN(C(=O)c3ccccc3COc3ccccc3)CC2)cc1F. The molecule has 1 saturated heterocycles. The standard InChI is InChI=1S/C26H25FN2O3/c1-19-11-12-20(17-24(19)27)25(30)28-13-15-29(16-14-28)26(31)23-10-6-5-7-21(23)18-32-22-8-3-2-4-9-22/h2-12,17H,13-16,18H2,1H3. The van der Waals surface area contributed by atoms with Gasteiger partial charge in [-0.1, -0.05) is 42.5 Å². The molecule has 0 saturated carbocycles. The number of carbonyl (C=O) groups is 2. The molecular formula is C26H25FN2O3. The summed E-state index contributed by atoms with van der Waals surface area (Å²) in [6.45, 7) is 3.62. The van der Waals surface area contributed by atoms with Gasteiger partial charge < -0.3 is 14.5 Å². The first-order valence-corrected chi connectivity index (χ1v) is 10.6. The van der Waals surface area contributed by atoms with Crippen molar-refractivity contribution in [1.29, 1.82) is 0 Å². The molecule has 2 amide bonds. The average molecular weight is 432 g/mol. The lowest BCUT2D eigenvalue weighted by Crippen LogP contribution is -2.50. The molecule has 0 radical (unpaired) electrons. The third-order valence-corrected chi connectivity index (χ3v) is 5.66. The Morgan fingerprint density at radius 2 is 1.47 bits per heavy atom. The molecule has 5 nitrogen and oxygen atoms in total. The van der Waals surface area contributed by atoms with Gasteiger partial charge in [0.25, 0.3) is 11.8 Å². The normalized spacial score (nSPS) is 13.7. The van der Waals surface area contributed by atoms with Crippen LogP contribution in [0.1, 0.15) is 31.8 Å². The maximum absolute atomic E-state index is 13.8. The van der Waals surface area contributed by atoms with Crippen molar-refractivity contribution >= 4 is 11.8 Å². The highest BCUT2D eigenvalue weighted by Gasteiger charge is 2.27. The Morgan fingerprint density at radius 1 is 0.844 bits per heavy atom. The van der Waals surface area contributed by atoms with E-state index in [2.05, 4.69) is 0 Å². The summed E-state index contributed by atoms with van der Waals surface area (Å²) in [6, 6.07) is 21.4. The summed E-state index contributed by atoms with van der Waals surface area (Å²) in [6.07, 6.45) is 0. The number of hydrogen-bond donors (Lipinski definition) is 0. The van der Waals surface area contributed by atoms with Crippen molar-refractivity contribution in [3.05, 3.63) is 101 Å². The van der Waals surface area contributed by atoms with Gasteiger partial charge in [-0.3, -0.25) is 9.59 Å². The fourth-order valence-corrected chi connectivity index (χ4v) is 3.72. The Kier molecular flexibility index (Phi) is 6.50. The number of nitrogens with zero attached hydrogens (tertiary/aromatic N) is 2. The summed E-state index contributed by atoms with van der Waals surface area (Å²) < 4.78 is 19.7. The highest BCUT2D eigenvalue weighted by Crippen LogP contribution is 2.18. The van der Waals surface area contributed by atoms with Crippen LogP contribution in [0, 0.1) is 12.7 Å². The molecule has 1 aliphatic heterocycles. The molecule has 0 atom stereocenters. The molecule has 6 heteroatoms. The Balaban J connectivity index is 1.39. The number of amides is 2. The molecule has 0 spiro atoms. The van der Waals surface area contributed by atoms with Gasteiger partial charge in [-0.05, 0) is 42.8 Å². The second kappa shape index (κ2) is 9.64. The second-order valence-corrected chi connectivity index (χ2v) is 7.81. The van der Waals surface area contributed by atoms with Crippen LogP contribution in [0.15, 0.2) is 72.8 Å². The Hall–Kier alpha value is -3.67. The first kappa shape index (κ1) is 21.6. The van der Waals surface area contributed by atoms with E-state index in [1.165, 1.54) is 6.07 Å². The summed E-state index contributed by atoms with van der Waals surface area (Å²) in [5.41, 5.74) is 2.25. The van der Waals surface area contributed by atoms with E-state index in [0.29, 0.717) is 49.5 Å². The quantitative estimate of drug-likeness (QED) is 0.604. The Morgan fingerprint density at radius 3 is 2.16 bits per heavy atom. The van der Waals surface area contributed by atoms with Crippen molar-refractivity contribution in [1.82, 2.24) is 9.80 Å². The highest BCUT2D eigenvalue weighted by molar-refractivity contribution is 5.97. The number of aryl methyl sites for hydroxylation is 1. The third-order valence-electron chi connectivity index (χ3n) is 5.66. The zero-order valence-electron chi connectivity index (χ0n) is 18.0. The molecule has 0 aromatic heterocycles. The zero-order valence-corrected chi connectivity index (χ0v) is 18.0. The molecule has 0 aliphatic carbocycles. The van der Waals surface area contributed by atoms with Crippen LogP contribution in [0.4, 0.5) is 4.39 Å². The van der Waals surface area contributed by atoms with Crippen LogP contribution in [0.3, 0.4) is 0 Å². The van der Waals surface area contributed by atoms with Gasteiger partial charge in [-0.2, -0.15) is 0 Å². The van der Waals surface area contributed by atoms with Crippen molar-refractivity contribution in [2.24, 2.45) is 0 Å². The smallest absolute Gasteiger partial charge is 0.254 e. The van der Waals surface area contributed by atoms with E-state index in [1.54, 1.807) is 34.9 Å². The van der Waals surface area contributed by atoms with Crippen LogP contribution in [-0.2, 0) is 6.61 Å². The first-order chi connectivity index (χ1) is 15.5. The van der Waals surface area contributed by atoms with Crippen LogP contribution in [-0.4, -0.2) is 47.8 Å². The predicted molar refractivity (Wildman–Crippen MR) is 120 cm³/mol. The number of halogens is 1. The minimum absolute atomic E-state index is 0.0780. The van der Waals surface area contributed by atoms with Gasteiger partial charge in [0.1, 0.15) is 18.2 Å². The summed E-state index contributed by atoms with van der Waals surface area (Å²) in [5, 5.41) is 0. The molecule has 1 fully saturated rings. The van der Waals surface area contributed by atoms with Gasteiger partial charge in [0.2, 0.25) is 0 Å². The number of piperazine rings is 1. The topological polar surface area (TPSA) is 49.9 Å². The molecule has 0 bridgehead atoms. The first-order valence-electron chi connectivity index (χ1n) is 10.6. The van der Waals surface area contributed by atoms with Crippen molar-refractivity contribution < 1.29 is 18.7 Å². The molecule has 32 heavy (non-hydrogen) atoms. The third kappa shape index (κ3) is 4.80. The van der Waals surface area contributed by atoms with Gasteiger partial charge >= 0.3 is 0 Å². The van der Waals surface area contributed by atoms with Gasteiger partial charge in [0.15, 0.2) is 0 Å². The summed E-state index contributed by atoms with van der Waals surface area (Å²) >= 11 is 0. The minimum Gasteiger partial charge on any atom is -0.489 e. The molecular weight excluding hydrogens is 407 g/mol. The summed E-state index contributed by atoms with van der Waals surface area (Å²) in [4.78, 5) is 29.3. The molecule has 3 aromatic carbocycles. The minimum atomic E-state index is -0.390. The molecule has 1 aliphatic rings. The van der Waals surface area contributed by atoms with E-state index in [9.17, 15) is 14.0 Å². The summed E-state index contributed by atoms with van der Waals surface area (Å²) in [7, 11) is 0. The maximum atomic E-state index is 13.8. The van der Waals surface area contributed by atoms with Crippen LogP contribution in [0.25, 0.3) is 0 Å². The molecule has 1 heterocycles. The fraction of sp³-hybridized carbons (Fsp3) is 0.231. The number of ether oxygens (including phenoxy) is 1. The van der Waals surface area contributed by atoms with E-state index in [1.807, 2.05) is 48.5 Å². The van der Waals surface area contributed by atoms with E-state index >= 15 is 0 Å². The van der Waals surface area contributed by atoms with Crippen molar-refractivity contribution in [2.45, 2.75) is 13.5 Å². The lowest BCUT2D eigenvalue weighted by molar-refractivity contribution is 0.0534. The molecule has 3 aromatic rings. The molecule has 0 N–H and O–H groups in total. The van der Waals surface area contributed by atoms with Crippen LogP contribution < -0.4 is 4.74 Å². The lowest BCUT2D eigenvalue weighted by atomic mass is 10.1. The molecule has 164 valence electrons. The highest BCUT2D eigenvalue weighted by atomic mass is 19.1. The van der Waals surface area contributed by atoms with Crippen LogP contribution in [0.5, 0.6) is 5.75 Å². The van der Waals surface area contributed by atoms with E-state index in [-0.39, 0.29) is 17.6 Å². The number of hydrogen-bond acceptors (Lipinski definition) is 3. The van der Waals surface area contributed by atoms with Gasteiger partial charge in [0.05, 0.1) is 0 Å².